The van der Waals surface area contributed by atoms with E-state index in [4.69, 9.17) is 9.47 Å². The lowest BCUT2D eigenvalue weighted by Crippen LogP contribution is -2.11. The zero-order chi connectivity index (χ0) is 13.9. The van der Waals surface area contributed by atoms with Crippen LogP contribution >= 0.6 is 0 Å². The van der Waals surface area contributed by atoms with E-state index in [9.17, 15) is 0 Å². The summed E-state index contributed by atoms with van der Waals surface area (Å²) in [5, 5.41) is 0. The molecule has 0 spiro atoms. The van der Waals surface area contributed by atoms with Crippen LogP contribution in [0.3, 0.4) is 0 Å². The second-order valence-electron chi connectivity index (χ2n) is 5.41. The highest BCUT2D eigenvalue weighted by molar-refractivity contribution is 5.36. The van der Waals surface area contributed by atoms with Gasteiger partial charge >= 0.3 is 0 Å². The summed E-state index contributed by atoms with van der Waals surface area (Å²) in [5.74, 6) is 2.09. The molecule has 0 saturated heterocycles. The molecule has 1 heterocycles. The smallest absolute Gasteiger partial charge is 0.219 e. The number of ether oxygens (including phenoxy) is 2. The predicted octanol–water partition coefficient (Wildman–Crippen LogP) is 4.18. The Bertz CT molecular complexity index is 559. The molecule has 100 valence electrons. The van der Waals surface area contributed by atoms with Gasteiger partial charge in [-0.1, -0.05) is 26.8 Å². The maximum Gasteiger partial charge on any atom is 0.219 e. The molecule has 0 amide bonds. The number of nitrogens with zero attached hydrogens (tertiary/aromatic N) is 1. The first-order valence-electron chi connectivity index (χ1n) is 6.27. The van der Waals surface area contributed by atoms with Crippen molar-refractivity contribution in [1.29, 1.82) is 0 Å². The molecule has 1 aromatic heterocycles. The van der Waals surface area contributed by atoms with Gasteiger partial charge in [-0.2, -0.15) is 0 Å². The highest BCUT2D eigenvalue weighted by atomic mass is 16.5. The molecular formula is C16H19NO2. The third-order valence-corrected chi connectivity index (χ3v) is 2.86. The van der Waals surface area contributed by atoms with Gasteiger partial charge in [0.25, 0.3) is 0 Å². The van der Waals surface area contributed by atoms with Gasteiger partial charge in [0.15, 0.2) is 0 Å². The summed E-state index contributed by atoms with van der Waals surface area (Å²) in [4.78, 5) is 4.24. The van der Waals surface area contributed by atoms with Crippen molar-refractivity contribution < 1.29 is 9.47 Å². The lowest BCUT2D eigenvalue weighted by Gasteiger charge is -2.19. The molecule has 0 fully saturated rings. The van der Waals surface area contributed by atoms with Crippen LogP contribution in [0.15, 0.2) is 42.6 Å². The summed E-state index contributed by atoms with van der Waals surface area (Å²) < 4.78 is 10.9. The van der Waals surface area contributed by atoms with Gasteiger partial charge < -0.3 is 9.47 Å². The first kappa shape index (κ1) is 13.4. The van der Waals surface area contributed by atoms with Crippen LogP contribution in [-0.4, -0.2) is 12.1 Å². The van der Waals surface area contributed by atoms with Crippen molar-refractivity contribution in [3.63, 3.8) is 0 Å². The third kappa shape index (κ3) is 3.47. The maximum atomic E-state index is 5.77. The van der Waals surface area contributed by atoms with Gasteiger partial charge in [-0.25, -0.2) is 4.98 Å². The lowest BCUT2D eigenvalue weighted by molar-refractivity contribution is 0.407. The highest BCUT2D eigenvalue weighted by Crippen LogP contribution is 2.28. The Labute approximate surface area is 114 Å². The van der Waals surface area contributed by atoms with Crippen LogP contribution in [0.2, 0.25) is 0 Å². The SMILES string of the molecule is COc1cccc(Oc2cc(C(C)(C)C)ccn2)c1. The molecule has 0 saturated carbocycles. The van der Waals surface area contributed by atoms with Gasteiger partial charge in [0.1, 0.15) is 11.5 Å². The van der Waals surface area contributed by atoms with Crippen molar-refractivity contribution >= 4 is 0 Å². The molecule has 3 heteroatoms. The van der Waals surface area contributed by atoms with Crippen LogP contribution in [0.1, 0.15) is 26.3 Å². The minimum Gasteiger partial charge on any atom is -0.497 e. The molecule has 19 heavy (non-hydrogen) atoms. The normalized spacial score (nSPS) is 11.2. The van der Waals surface area contributed by atoms with Crippen molar-refractivity contribution in [3.05, 3.63) is 48.2 Å². The van der Waals surface area contributed by atoms with Gasteiger partial charge in [0.05, 0.1) is 7.11 Å². The molecule has 2 aromatic rings. The third-order valence-electron chi connectivity index (χ3n) is 2.86. The minimum atomic E-state index is 0.0788. The van der Waals surface area contributed by atoms with E-state index in [-0.39, 0.29) is 5.41 Å². The Kier molecular flexibility index (Phi) is 3.74. The van der Waals surface area contributed by atoms with Gasteiger partial charge in [-0.05, 0) is 29.2 Å². The van der Waals surface area contributed by atoms with Crippen molar-refractivity contribution in [2.24, 2.45) is 0 Å². The van der Waals surface area contributed by atoms with Gasteiger partial charge in [0.2, 0.25) is 5.88 Å². The number of aromatic nitrogens is 1. The molecule has 0 N–H and O–H groups in total. The van der Waals surface area contributed by atoms with E-state index in [0.717, 1.165) is 11.5 Å². The van der Waals surface area contributed by atoms with E-state index < -0.39 is 0 Å². The fourth-order valence-corrected chi connectivity index (χ4v) is 1.72. The highest BCUT2D eigenvalue weighted by Gasteiger charge is 2.14. The standard InChI is InChI=1S/C16H19NO2/c1-16(2,3)12-8-9-17-15(10-12)19-14-7-5-6-13(11-14)18-4/h5-11H,1-4H3. The topological polar surface area (TPSA) is 31.4 Å². The van der Waals surface area contributed by atoms with Crippen LogP contribution in [0.25, 0.3) is 0 Å². The average molecular weight is 257 g/mol. The van der Waals surface area contributed by atoms with Gasteiger partial charge in [-0.15, -0.1) is 0 Å². The van der Waals surface area contributed by atoms with Crippen LogP contribution in [0.4, 0.5) is 0 Å². The molecule has 0 aliphatic carbocycles. The quantitative estimate of drug-likeness (QED) is 0.826. The van der Waals surface area contributed by atoms with E-state index in [2.05, 4.69) is 25.8 Å². The van der Waals surface area contributed by atoms with Crippen LogP contribution in [-0.2, 0) is 5.41 Å². The van der Waals surface area contributed by atoms with Crippen LogP contribution < -0.4 is 9.47 Å². The van der Waals surface area contributed by atoms with E-state index in [1.54, 1.807) is 13.3 Å². The van der Waals surface area contributed by atoms with Gasteiger partial charge in [0, 0.05) is 18.3 Å². The number of methoxy groups -OCH3 is 1. The summed E-state index contributed by atoms with van der Waals surface area (Å²) in [7, 11) is 1.64. The van der Waals surface area contributed by atoms with Crippen molar-refractivity contribution in [3.8, 4) is 17.4 Å². The molecule has 2 rings (SSSR count). The molecule has 0 radical (unpaired) electrons. The number of hydrogen-bond donors (Lipinski definition) is 0. The molecule has 0 bridgehead atoms. The van der Waals surface area contributed by atoms with E-state index in [1.807, 2.05) is 36.4 Å². The monoisotopic (exact) mass is 257 g/mol. The van der Waals surface area contributed by atoms with Gasteiger partial charge in [-0.3, -0.25) is 0 Å². The summed E-state index contributed by atoms with van der Waals surface area (Å²) in [6.45, 7) is 6.49. The fourth-order valence-electron chi connectivity index (χ4n) is 1.72. The lowest BCUT2D eigenvalue weighted by atomic mass is 9.88. The zero-order valence-electron chi connectivity index (χ0n) is 11.8. The molecule has 1 aromatic carbocycles. The first-order chi connectivity index (χ1) is 8.99. The van der Waals surface area contributed by atoms with E-state index >= 15 is 0 Å². The van der Waals surface area contributed by atoms with E-state index in [1.165, 1.54) is 5.56 Å². The van der Waals surface area contributed by atoms with Crippen molar-refractivity contribution in [2.45, 2.75) is 26.2 Å². The zero-order valence-corrected chi connectivity index (χ0v) is 11.8. The fraction of sp³-hybridized carbons (Fsp3) is 0.312. The Morgan fingerprint density at radius 1 is 1.00 bits per heavy atom. The summed E-state index contributed by atoms with van der Waals surface area (Å²) in [5.41, 5.74) is 1.27. The average Bonchev–Trinajstić information content (AvgIpc) is 2.38. The summed E-state index contributed by atoms with van der Waals surface area (Å²) >= 11 is 0. The summed E-state index contributed by atoms with van der Waals surface area (Å²) in [6.07, 6.45) is 1.77. The maximum absolute atomic E-state index is 5.77. The molecule has 3 nitrogen and oxygen atoms in total. The number of rotatable bonds is 3. The molecule has 0 unspecified atom stereocenters. The summed E-state index contributed by atoms with van der Waals surface area (Å²) in [6, 6.07) is 11.5. The van der Waals surface area contributed by atoms with Crippen LogP contribution in [0, 0.1) is 0 Å². The van der Waals surface area contributed by atoms with E-state index in [0.29, 0.717) is 5.88 Å². The number of benzene rings is 1. The molecule has 0 aliphatic rings. The molecule has 0 atom stereocenters. The van der Waals surface area contributed by atoms with Crippen molar-refractivity contribution in [2.75, 3.05) is 7.11 Å². The second-order valence-corrected chi connectivity index (χ2v) is 5.41. The van der Waals surface area contributed by atoms with Crippen LogP contribution in [0.5, 0.6) is 17.4 Å². The Hall–Kier alpha value is -2.03. The second kappa shape index (κ2) is 5.31. The Morgan fingerprint density at radius 2 is 1.74 bits per heavy atom. The molecule has 0 aliphatic heterocycles. The largest absolute Gasteiger partial charge is 0.497 e. The van der Waals surface area contributed by atoms with Crippen molar-refractivity contribution in [1.82, 2.24) is 4.98 Å². The minimum absolute atomic E-state index is 0.0788. The number of hydrogen-bond acceptors (Lipinski definition) is 3. The predicted molar refractivity (Wildman–Crippen MR) is 76.0 cm³/mol. The molecular weight excluding hydrogens is 238 g/mol. The Morgan fingerprint density at radius 3 is 2.42 bits per heavy atom. The Balaban J connectivity index is 2.23. The first-order valence-corrected chi connectivity index (χ1v) is 6.27. The number of pyridine rings is 1.